The molecule has 0 heterocycles. The van der Waals surface area contributed by atoms with E-state index in [1.165, 1.54) is 5.56 Å². The van der Waals surface area contributed by atoms with Crippen molar-refractivity contribution in [1.82, 2.24) is 10.2 Å². The summed E-state index contributed by atoms with van der Waals surface area (Å²) < 4.78 is 5.40. The van der Waals surface area contributed by atoms with Gasteiger partial charge in [-0.1, -0.05) is 25.1 Å². The molecule has 3 heteroatoms. The van der Waals surface area contributed by atoms with E-state index in [0.29, 0.717) is 6.04 Å². The molecule has 0 saturated heterocycles. The number of hydrogen-bond donors (Lipinski definition) is 1. The van der Waals surface area contributed by atoms with Gasteiger partial charge in [-0.25, -0.2) is 0 Å². The number of ether oxygens (including phenoxy) is 1. The van der Waals surface area contributed by atoms with Crippen molar-refractivity contribution in [1.29, 1.82) is 0 Å². The van der Waals surface area contributed by atoms with Crippen molar-refractivity contribution < 1.29 is 4.74 Å². The van der Waals surface area contributed by atoms with E-state index in [4.69, 9.17) is 4.74 Å². The summed E-state index contributed by atoms with van der Waals surface area (Å²) in [6.45, 7) is 7.42. The zero-order valence-corrected chi connectivity index (χ0v) is 11.4. The Morgan fingerprint density at radius 1 is 1.35 bits per heavy atom. The largest absolute Gasteiger partial charge is 0.496 e. The Labute approximate surface area is 105 Å². The molecule has 0 bridgehead atoms. The molecule has 0 aromatic heterocycles. The lowest BCUT2D eigenvalue weighted by molar-refractivity contribution is 0.255. The highest BCUT2D eigenvalue weighted by molar-refractivity contribution is 5.35. The molecule has 1 aromatic rings. The van der Waals surface area contributed by atoms with Gasteiger partial charge in [-0.2, -0.15) is 0 Å². The molecule has 0 amide bonds. The highest BCUT2D eigenvalue weighted by Gasteiger charge is 2.14. The zero-order valence-electron chi connectivity index (χ0n) is 11.4. The maximum absolute atomic E-state index is 5.40. The Kier molecular flexibility index (Phi) is 6.01. The second-order valence-electron chi connectivity index (χ2n) is 4.25. The maximum atomic E-state index is 5.40. The van der Waals surface area contributed by atoms with E-state index >= 15 is 0 Å². The van der Waals surface area contributed by atoms with E-state index < -0.39 is 0 Å². The number of hydrogen-bond acceptors (Lipinski definition) is 3. The monoisotopic (exact) mass is 236 g/mol. The van der Waals surface area contributed by atoms with Gasteiger partial charge in [0.25, 0.3) is 0 Å². The average molecular weight is 236 g/mol. The minimum absolute atomic E-state index is 0.366. The fraction of sp³-hybridized carbons (Fsp3) is 0.571. The van der Waals surface area contributed by atoms with Crippen molar-refractivity contribution in [2.75, 3.05) is 33.8 Å². The van der Waals surface area contributed by atoms with E-state index in [1.54, 1.807) is 7.11 Å². The third-order valence-corrected chi connectivity index (χ3v) is 3.14. The number of likely N-dealkylation sites (N-methyl/N-ethyl adjacent to an activating group) is 2. The van der Waals surface area contributed by atoms with Gasteiger partial charge in [0.15, 0.2) is 0 Å². The second kappa shape index (κ2) is 7.30. The van der Waals surface area contributed by atoms with Gasteiger partial charge in [-0.15, -0.1) is 0 Å². The number of methoxy groups -OCH3 is 1. The van der Waals surface area contributed by atoms with Crippen molar-refractivity contribution in [2.45, 2.75) is 19.9 Å². The molecule has 0 aliphatic carbocycles. The van der Waals surface area contributed by atoms with E-state index in [0.717, 1.165) is 25.4 Å². The van der Waals surface area contributed by atoms with Gasteiger partial charge in [-0.3, -0.25) is 4.90 Å². The highest BCUT2D eigenvalue weighted by Crippen LogP contribution is 2.27. The van der Waals surface area contributed by atoms with Crippen LogP contribution in [0.3, 0.4) is 0 Å². The number of nitrogens with zero attached hydrogens (tertiary/aromatic N) is 1. The van der Waals surface area contributed by atoms with Gasteiger partial charge in [0, 0.05) is 24.7 Å². The standard InChI is InChI=1S/C14H24N2O/c1-5-15-10-11-16(3)12(2)13-8-6-7-9-14(13)17-4/h6-9,12,15H,5,10-11H2,1-4H3/t12-/m0/s1. The van der Waals surface area contributed by atoms with E-state index in [-0.39, 0.29) is 0 Å². The molecule has 0 spiro atoms. The first-order valence-corrected chi connectivity index (χ1v) is 6.24. The molecule has 0 saturated carbocycles. The molecule has 1 rings (SSSR count). The Morgan fingerprint density at radius 3 is 2.71 bits per heavy atom. The van der Waals surface area contributed by atoms with Crippen LogP contribution in [0.4, 0.5) is 0 Å². The summed E-state index contributed by atoms with van der Waals surface area (Å²) >= 11 is 0. The number of rotatable bonds is 7. The third kappa shape index (κ3) is 4.02. The summed E-state index contributed by atoms with van der Waals surface area (Å²) in [5.74, 6) is 0.968. The van der Waals surface area contributed by atoms with Crippen molar-refractivity contribution in [3.05, 3.63) is 29.8 Å². The smallest absolute Gasteiger partial charge is 0.123 e. The molecule has 0 radical (unpaired) electrons. The van der Waals surface area contributed by atoms with Crippen LogP contribution < -0.4 is 10.1 Å². The Balaban J connectivity index is 2.64. The molecule has 0 fully saturated rings. The highest BCUT2D eigenvalue weighted by atomic mass is 16.5. The van der Waals surface area contributed by atoms with Crippen molar-refractivity contribution in [3.8, 4) is 5.75 Å². The summed E-state index contributed by atoms with van der Waals surface area (Å²) in [7, 11) is 3.87. The van der Waals surface area contributed by atoms with E-state index in [1.807, 2.05) is 12.1 Å². The molecule has 0 aliphatic rings. The Hall–Kier alpha value is -1.06. The fourth-order valence-corrected chi connectivity index (χ4v) is 1.87. The maximum Gasteiger partial charge on any atom is 0.123 e. The summed E-state index contributed by atoms with van der Waals surface area (Å²) in [5, 5.41) is 3.34. The lowest BCUT2D eigenvalue weighted by atomic mass is 10.1. The summed E-state index contributed by atoms with van der Waals surface area (Å²) in [4.78, 5) is 2.33. The SMILES string of the molecule is CCNCCN(C)[C@@H](C)c1ccccc1OC. The van der Waals surface area contributed by atoms with Crippen molar-refractivity contribution >= 4 is 0 Å². The van der Waals surface area contributed by atoms with E-state index in [2.05, 4.69) is 43.2 Å². The molecule has 1 aromatic carbocycles. The van der Waals surface area contributed by atoms with Crippen LogP contribution >= 0.6 is 0 Å². The number of nitrogens with one attached hydrogen (secondary N) is 1. The minimum atomic E-state index is 0.366. The molecule has 1 N–H and O–H groups in total. The van der Waals surface area contributed by atoms with Crippen LogP contribution in [0.5, 0.6) is 5.75 Å². The quantitative estimate of drug-likeness (QED) is 0.735. The Morgan fingerprint density at radius 2 is 2.06 bits per heavy atom. The zero-order chi connectivity index (χ0) is 12.7. The molecular formula is C14H24N2O. The van der Waals surface area contributed by atoms with Gasteiger partial charge < -0.3 is 10.1 Å². The van der Waals surface area contributed by atoms with Crippen LogP contribution in [0.25, 0.3) is 0 Å². The van der Waals surface area contributed by atoms with Crippen LogP contribution in [0.15, 0.2) is 24.3 Å². The lowest BCUT2D eigenvalue weighted by Gasteiger charge is -2.26. The summed E-state index contributed by atoms with van der Waals surface area (Å²) in [5.41, 5.74) is 1.24. The summed E-state index contributed by atoms with van der Waals surface area (Å²) in [6.07, 6.45) is 0. The summed E-state index contributed by atoms with van der Waals surface area (Å²) in [6, 6.07) is 8.59. The van der Waals surface area contributed by atoms with Gasteiger partial charge in [0.1, 0.15) is 5.75 Å². The number of benzene rings is 1. The minimum Gasteiger partial charge on any atom is -0.496 e. The molecule has 17 heavy (non-hydrogen) atoms. The first-order valence-electron chi connectivity index (χ1n) is 6.24. The molecule has 96 valence electrons. The first-order chi connectivity index (χ1) is 8.20. The van der Waals surface area contributed by atoms with Gasteiger partial charge in [0.2, 0.25) is 0 Å². The van der Waals surface area contributed by atoms with Crippen molar-refractivity contribution in [2.24, 2.45) is 0 Å². The molecule has 3 nitrogen and oxygen atoms in total. The normalized spacial score (nSPS) is 12.8. The molecule has 0 aliphatic heterocycles. The molecule has 0 unspecified atom stereocenters. The van der Waals surface area contributed by atoms with Crippen molar-refractivity contribution in [3.63, 3.8) is 0 Å². The molecular weight excluding hydrogens is 212 g/mol. The van der Waals surface area contributed by atoms with Gasteiger partial charge in [-0.05, 0) is 26.6 Å². The topological polar surface area (TPSA) is 24.5 Å². The predicted octanol–water partition coefficient (Wildman–Crippen LogP) is 2.30. The van der Waals surface area contributed by atoms with Crippen LogP contribution in [0.2, 0.25) is 0 Å². The third-order valence-electron chi connectivity index (χ3n) is 3.14. The van der Waals surface area contributed by atoms with Crippen LogP contribution in [0.1, 0.15) is 25.5 Å². The van der Waals surface area contributed by atoms with E-state index in [9.17, 15) is 0 Å². The lowest BCUT2D eigenvalue weighted by Crippen LogP contribution is -2.31. The first kappa shape index (κ1) is 14.0. The molecule has 1 atom stereocenters. The van der Waals surface area contributed by atoms with Crippen LogP contribution in [-0.2, 0) is 0 Å². The number of para-hydroxylation sites is 1. The van der Waals surface area contributed by atoms with Crippen LogP contribution in [-0.4, -0.2) is 38.7 Å². The fourth-order valence-electron chi connectivity index (χ4n) is 1.87. The van der Waals surface area contributed by atoms with Crippen LogP contribution in [0, 0.1) is 0 Å². The predicted molar refractivity (Wildman–Crippen MR) is 72.6 cm³/mol. The van der Waals surface area contributed by atoms with Gasteiger partial charge >= 0.3 is 0 Å². The second-order valence-corrected chi connectivity index (χ2v) is 4.25. The van der Waals surface area contributed by atoms with Gasteiger partial charge in [0.05, 0.1) is 7.11 Å². The average Bonchev–Trinajstić information content (AvgIpc) is 2.38. The Bertz CT molecular complexity index is 328.